The highest BCUT2D eigenvalue weighted by Gasteiger charge is 2.11. The van der Waals surface area contributed by atoms with Crippen molar-refractivity contribution in [2.45, 2.75) is 25.3 Å². The van der Waals surface area contributed by atoms with Crippen LogP contribution >= 0.6 is 0 Å². The molecule has 1 aliphatic rings. The Balaban J connectivity index is 2.04. The van der Waals surface area contributed by atoms with Crippen molar-refractivity contribution in [3.63, 3.8) is 0 Å². The third kappa shape index (κ3) is 2.11. The Kier molecular flexibility index (Phi) is 2.67. The fourth-order valence-corrected chi connectivity index (χ4v) is 1.02. The number of hydrogen-bond donors (Lipinski definition) is 2. The van der Waals surface area contributed by atoms with E-state index >= 15 is 0 Å². The summed E-state index contributed by atoms with van der Waals surface area (Å²) < 4.78 is 0. The molecule has 1 aliphatic heterocycles. The Labute approximate surface area is 54.8 Å². The Morgan fingerprint density at radius 3 is 3.11 bits per heavy atom. The van der Waals surface area contributed by atoms with Crippen molar-refractivity contribution in [2.24, 2.45) is 0 Å². The summed E-state index contributed by atoms with van der Waals surface area (Å²) >= 11 is 0. The van der Waals surface area contributed by atoms with E-state index in [1.165, 1.54) is 0 Å². The number of aldehydes is 1. The molecule has 2 N–H and O–H groups in total. The van der Waals surface area contributed by atoms with Gasteiger partial charge in [-0.05, 0) is 12.8 Å². The van der Waals surface area contributed by atoms with Crippen LogP contribution in [0.5, 0.6) is 0 Å². The van der Waals surface area contributed by atoms with Crippen molar-refractivity contribution < 1.29 is 4.79 Å². The molecule has 3 nitrogen and oxygen atoms in total. The lowest BCUT2D eigenvalue weighted by molar-refractivity contribution is -0.108. The summed E-state index contributed by atoms with van der Waals surface area (Å²) in [7, 11) is 0. The van der Waals surface area contributed by atoms with Crippen LogP contribution in [0, 0.1) is 0 Å². The van der Waals surface area contributed by atoms with Gasteiger partial charge in [-0.3, -0.25) is 10.9 Å². The fraction of sp³-hybridized carbons (Fsp3) is 0.833. The molecule has 0 aliphatic carbocycles. The van der Waals surface area contributed by atoms with Crippen molar-refractivity contribution in [1.82, 2.24) is 10.9 Å². The molecular formula is C6H12N2O. The second-order valence-electron chi connectivity index (χ2n) is 2.30. The molecule has 3 heteroatoms. The van der Waals surface area contributed by atoms with E-state index in [-0.39, 0.29) is 0 Å². The molecule has 0 bridgehead atoms. The van der Waals surface area contributed by atoms with Gasteiger partial charge in [0.25, 0.3) is 0 Å². The van der Waals surface area contributed by atoms with Gasteiger partial charge in [0.1, 0.15) is 6.29 Å². The van der Waals surface area contributed by atoms with Crippen molar-refractivity contribution in [1.29, 1.82) is 0 Å². The van der Waals surface area contributed by atoms with Crippen LogP contribution in [0.4, 0.5) is 0 Å². The molecule has 1 fully saturated rings. The molecular weight excluding hydrogens is 116 g/mol. The Hall–Kier alpha value is -0.410. The van der Waals surface area contributed by atoms with Crippen LogP contribution in [-0.2, 0) is 4.79 Å². The van der Waals surface area contributed by atoms with E-state index in [0.29, 0.717) is 12.5 Å². The molecule has 0 aromatic carbocycles. The first-order chi connectivity index (χ1) is 4.43. The topological polar surface area (TPSA) is 41.1 Å². The molecule has 9 heavy (non-hydrogen) atoms. The average molecular weight is 128 g/mol. The number of carbonyl (C=O) groups excluding carboxylic acids is 1. The van der Waals surface area contributed by atoms with Crippen LogP contribution in [0.3, 0.4) is 0 Å². The van der Waals surface area contributed by atoms with Gasteiger partial charge in [0.15, 0.2) is 0 Å². The summed E-state index contributed by atoms with van der Waals surface area (Å²) in [6.45, 7) is 1.03. The molecule has 1 atom stereocenters. The number of hydrogen-bond acceptors (Lipinski definition) is 3. The third-order valence-corrected chi connectivity index (χ3v) is 1.56. The Bertz CT molecular complexity index is 89.1. The molecule has 0 radical (unpaired) electrons. The molecule has 52 valence electrons. The zero-order valence-electron chi connectivity index (χ0n) is 5.39. The van der Waals surface area contributed by atoms with E-state index in [0.717, 1.165) is 25.7 Å². The maximum Gasteiger partial charge on any atom is 0.120 e. The lowest BCUT2D eigenvalue weighted by atomic mass is 10.1. The maximum atomic E-state index is 9.91. The van der Waals surface area contributed by atoms with E-state index in [2.05, 4.69) is 10.9 Å². The molecule has 1 saturated heterocycles. The predicted molar refractivity (Wildman–Crippen MR) is 34.8 cm³/mol. The number of hydrazine groups is 1. The highest BCUT2D eigenvalue weighted by molar-refractivity contribution is 5.49. The van der Waals surface area contributed by atoms with Gasteiger partial charge < -0.3 is 4.79 Å². The SMILES string of the molecule is O=CCCC1CCNN1. The summed E-state index contributed by atoms with van der Waals surface area (Å²) in [5, 5.41) is 0. The van der Waals surface area contributed by atoms with Gasteiger partial charge in [-0.2, -0.15) is 0 Å². The molecule has 1 rings (SSSR count). The van der Waals surface area contributed by atoms with Gasteiger partial charge in [0.05, 0.1) is 0 Å². The second-order valence-corrected chi connectivity index (χ2v) is 2.30. The van der Waals surface area contributed by atoms with Crippen LogP contribution in [0.15, 0.2) is 0 Å². The van der Waals surface area contributed by atoms with Gasteiger partial charge in [-0.15, -0.1) is 0 Å². The Morgan fingerprint density at radius 2 is 2.56 bits per heavy atom. The monoisotopic (exact) mass is 128 g/mol. The van der Waals surface area contributed by atoms with Crippen molar-refractivity contribution in [3.8, 4) is 0 Å². The molecule has 0 spiro atoms. The van der Waals surface area contributed by atoms with Crippen LogP contribution in [0.1, 0.15) is 19.3 Å². The van der Waals surface area contributed by atoms with Gasteiger partial charge >= 0.3 is 0 Å². The van der Waals surface area contributed by atoms with Gasteiger partial charge in [0, 0.05) is 19.0 Å². The van der Waals surface area contributed by atoms with Crippen LogP contribution in [-0.4, -0.2) is 18.9 Å². The smallest absolute Gasteiger partial charge is 0.120 e. The maximum absolute atomic E-state index is 9.91. The summed E-state index contributed by atoms with van der Waals surface area (Å²) in [4.78, 5) is 9.91. The highest BCUT2D eigenvalue weighted by Crippen LogP contribution is 2.02. The van der Waals surface area contributed by atoms with Gasteiger partial charge in [0.2, 0.25) is 0 Å². The first-order valence-corrected chi connectivity index (χ1v) is 3.35. The zero-order chi connectivity index (χ0) is 6.53. The van der Waals surface area contributed by atoms with Crippen molar-refractivity contribution in [2.75, 3.05) is 6.54 Å². The van der Waals surface area contributed by atoms with E-state index in [1.54, 1.807) is 0 Å². The van der Waals surface area contributed by atoms with E-state index in [1.807, 2.05) is 0 Å². The van der Waals surface area contributed by atoms with Crippen molar-refractivity contribution in [3.05, 3.63) is 0 Å². The fourth-order valence-electron chi connectivity index (χ4n) is 1.02. The minimum Gasteiger partial charge on any atom is -0.303 e. The van der Waals surface area contributed by atoms with E-state index < -0.39 is 0 Å². The lowest BCUT2D eigenvalue weighted by Gasteiger charge is -2.04. The van der Waals surface area contributed by atoms with Gasteiger partial charge in [-0.1, -0.05) is 0 Å². The van der Waals surface area contributed by atoms with Crippen molar-refractivity contribution >= 4 is 6.29 Å². The Morgan fingerprint density at radius 1 is 1.67 bits per heavy atom. The minimum absolute atomic E-state index is 0.523. The third-order valence-electron chi connectivity index (χ3n) is 1.56. The summed E-state index contributed by atoms with van der Waals surface area (Å²) in [6.07, 6.45) is 3.77. The zero-order valence-corrected chi connectivity index (χ0v) is 5.39. The van der Waals surface area contributed by atoms with Gasteiger partial charge in [-0.25, -0.2) is 0 Å². The van der Waals surface area contributed by atoms with E-state index in [4.69, 9.17) is 0 Å². The van der Waals surface area contributed by atoms with Crippen LogP contribution in [0.2, 0.25) is 0 Å². The largest absolute Gasteiger partial charge is 0.303 e. The lowest BCUT2D eigenvalue weighted by Crippen LogP contribution is -2.29. The molecule has 0 aromatic heterocycles. The minimum atomic E-state index is 0.523. The van der Waals surface area contributed by atoms with E-state index in [9.17, 15) is 4.79 Å². The quantitative estimate of drug-likeness (QED) is 0.518. The first-order valence-electron chi connectivity index (χ1n) is 3.35. The summed E-state index contributed by atoms with van der Waals surface area (Å²) in [5.74, 6) is 0. The molecule has 1 heterocycles. The molecule has 0 amide bonds. The average Bonchev–Trinajstić information content (AvgIpc) is 2.34. The summed E-state index contributed by atoms with van der Waals surface area (Å²) in [5.41, 5.74) is 6.10. The normalized spacial score (nSPS) is 26.4. The second kappa shape index (κ2) is 3.58. The molecule has 0 aromatic rings. The number of nitrogens with one attached hydrogen (secondary N) is 2. The standard InChI is InChI=1S/C6H12N2O/c9-5-1-2-6-3-4-7-8-6/h5-8H,1-4H2. The molecule has 1 unspecified atom stereocenters. The first kappa shape index (κ1) is 6.71. The highest BCUT2D eigenvalue weighted by atomic mass is 16.1. The number of carbonyl (C=O) groups is 1. The predicted octanol–water partition coefficient (Wildman–Crippen LogP) is -0.168. The number of rotatable bonds is 3. The molecule has 0 saturated carbocycles. The van der Waals surface area contributed by atoms with Crippen LogP contribution in [0.25, 0.3) is 0 Å². The van der Waals surface area contributed by atoms with Crippen LogP contribution < -0.4 is 10.9 Å². The summed E-state index contributed by atoms with van der Waals surface area (Å²) in [6, 6.07) is 0.523.